The number of benzene rings is 1. The molecule has 33 heavy (non-hydrogen) atoms. The molecule has 2 aliphatic carbocycles. The van der Waals surface area contributed by atoms with E-state index in [9.17, 15) is 14.7 Å². The number of carbonyl (C=O) groups excluding carboxylic acids is 2. The van der Waals surface area contributed by atoms with Gasteiger partial charge in [0.15, 0.2) is 0 Å². The van der Waals surface area contributed by atoms with E-state index in [0.29, 0.717) is 24.5 Å². The summed E-state index contributed by atoms with van der Waals surface area (Å²) in [5, 5.41) is 12.4. The van der Waals surface area contributed by atoms with Gasteiger partial charge in [-0.1, -0.05) is 56.6 Å². The van der Waals surface area contributed by atoms with Crippen LogP contribution in [-0.2, 0) is 20.9 Å². The highest BCUT2D eigenvalue weighted by Crippen LogP contribution is 2.51. The smallest absolute Gasteiger partial charge is 0.303 e. The second-order valence-corrected chi connectivity index (χ2v) is 10.1. The van der Waals surface area contributed by atoms with Gasteiger partial charge < -0.3 is 14.7 Å². The molecule has 6 atom stereocenters. The Balaban J connectivity index is 1.83. The van der Waals surface area contributed by atoms with Crippen molar-refractivity contribution in [2.24, 2.45) is 23.7 Å². The van der Waals surface area contributed by atoms with Crippen LogP contribution in [0.5, 0.6) is 0 Å². The van der Waals surface area contributed by atoms with Gasteiger partial charge in [-0.2, -0.15) is 0 Å². The number of halogens is 1. The molecule has 0 aromatic heterocycles. The summed E-state index contributed by atoms with van der Waals surface area (Å²) in [6, 6.07) is 7.62. The van der Waals surface area contributed by atoms with Gasteiger partial charge in [-0.25, -0.2) is 0 Å². The van der Waals surface area contributed by atoms with Gasteiger partial charge in [0.25, 0.3) is 0 Å². The summed E-state index contributed by atoms with van der Waals surface area (Å²) in [7, 11) is 0. The topological polar surface area (TPSA) is 66.8 Å². The van der Waals surface area contributed by atoms with Crippen molar-refractivity contribution in [2.45, 2.75) is 72.1 Å². The number of hydrogen-bond donors (Lipinski definition) is 1. The molecule has 5 nitrogen and oxygen atoms in total. The lowest BCUT2D eigenvalue weighted by Gasteiger charge is -2.52. The highest BCUT2D eigenvalue weighted by molar-refractivity contribution is 6.31. The quantitative estimate of drug-likeness (QED) is 0.443. The molecular weight excluding hydrogens is 438 g/mol. The molecule has 1 amide bonds. The fourth-order valence-corrected chi connectivity index (χ4v) is 5.60. The van der Waals surface area contributed by atoms with Gasteiger partial charge >= 0.3 is 5.97 Å². The summed E-state index contributed by atoms with van der Waals surface area (Å²) in [5.74, 6) is -0.103. The van der Waals surface area contributed by atoms with Gasteiger partial charge in [-0.3, -0.25) is 9.59 Å². The minimum absolute atomic E-state index is 0.00450. The number of ether oxygens (including phenoxy) is 1. The van der Waals surface area contributed by atoms with Crippen molar-refractivity contribution in [2.75, 3.05) is 6.54 Å². The van der Waals surface area contributed by atoms with E-state index in [-0.39, 0.29) is 35.5 Å². The summed E-state index contributed by atoms with van der Waals surface area (Å²) in [5.41, 5.74) is 0.657. The van der Waals surface area contributed by atoms with Crippen molar-refractivity contribution in [3.05, 3.63) is 52.9 Å². The lowest BCUT2D eigenvalue weighted by molar-refractivity contribution is -0.148. The van der Waals surface area contributed by atoms with Crippen LogP contribution in [0.2, 0.25) is 5.02 Å². The molecule has 0 aliphatic heterocycles. The van der Waals surface area contributed by atoms with Crippen molar-refractivity contribution < 1.29 is 19.4 Å². The minimum Gasteiger partial charge on any atom is -0.457 e. The van der Waals surface area contributed by atoms with Crippen LogP contribution in [0.15, 0.2) is 35.9 Å². The Labute approximate surface area is 203 Å². The summed E-state index contributed by atoms with van der Waals surface area (Å²) >= 11 is 6.37. The third kappa shape index (κ3) is 5.63. The van der Waals surface area contributed by atoms with Crippen molar-refractivity contribution >= 4 is 23.5 Å². The predicted molar refractivity (Wildman–Crippen MR) is 129 cm³/mol. The first-order chi connectivity index (χ1) is 15.6. The first kappa shape index (κ1) is 25.8. The molecule has 0 bridgehead atoms. The summed E-state index contributed by atoms with van der Waals surface area (Å²) in [4.78, 5) is 26.2. The molecule has 0 saturated heterocycles. The van der Waals surface area contributed by atoms with Crippen molar-refractivity contribution in [3.8, 4) is 0 Å². The summed E-state index contributed by atoms with van der Waals surface area (Å²) in [6.45, 7) is 10.4. The molecule has 1 saturated carbocycles. The Morgan fingerprint density at radius 3 is 2.67 bits per heavy atom. The van der Waals surface area contributed by atoms with E-state index >= 15 is 0 Å². The van der Waals surface area contributed by atoms with E-state index in [1.54, 1.807) is 0 Å². The summed E-state index contributed by atoms with van der Waals surface area (Å²) < 4.78 is 5.41. The maximum atomic E-state index is 12.8. The standard InChI is InChI=1S/C27H36ClNO4/c1-6-26(31)29(16-21-9-7-8-10-24(21)28)15-18(3)22-12-11-19(4)27(32)14-25(33-20(5)30)17(2)13-23(22)27/h7-10,13,18-19,22-23,25,32H,6,11-12,15-16H2,1-5H3/t18-,19-,22+,23-,25-,27-/m1/s1. The average Bonchev–Trinajstić information content (AvgIpc) is 2.76. The highest BCUT2D eigenvalue weighted by Gasteiger charge is 2.53. The third-order valence-electron chi connectivity index (χ3n) is 7.37. The molecule has 1 N–H and O–H groups in total. The van der Waals surface area contributed by atoms with Crippen LogP contribution in [0.3, 0.4) is 0 Å². The molecule has 0 spiro atoms. The van der Waals surface area contributed by atoms with Gasteiger partial charge in [0.05, 0.1) is 12.0 Å². The van der Waals surface area contributed by atoms with E-state index in [0.717, 1.165) is 24.0 Å². The highest BCUT2D eigenvalue weighted by atomic mass is 35.5. The van der Waals surface area contributed by atoms with Gasteiger partial charge in [0.2, 0.25) is 5.91 Å². The lowest BCUT2D eigenvalue weighted by atomic mass is 9.57. The second-order valence-electron chi connectivity index (χ2n) is 9.73. The number of nitrogens with zero attached hydrogens (tertiary/aromatic N) is 1. The number of amides is 1. The Morgan fingerprint density at radius 1 is 1.33 bits per heavy atom. The first-order valence-electron chi connectivity index (χ1n) is 11.9. The van der Waals surface area contributed by atoms with E-state index in [1.165, 1.54) is 6.92 Å². The maximum Gasteiger partial charge on any atom is 0.303 e. The largest absolute Gasteiger partial charge is 0.457 e. The predicted octanol–water partition coefficient (Wildman–Crippen LogP) is 5.08. The van der Waals surface area contributed by atoms with Gasteiger partial charge in [0.1, 0.15) is 6.10 Å². The number of carbonyl (C=O) groups is 2. The van der Waals surface area contributed by atoms with Crippen LogP contribution in [0.25, 0.3) is 0 Å². The SMILES string of the molecule is CCC(=O)N(Cc1ccccc1Cl)C[C@@H](C)[C@@H]1CC[C@@H](C)[C@]2(O)[C][C@@H](OC(C)=O)C(C)=C[C@H]12. The molecule has 1 aromatic rings. The average molecular weight is 474 g/mol. The van der Waals surface area contributed by atoms with Crippen LogP contribution < -0.4 is 0 Å². The molecule has 2 radical (unpaired) electrons. The molecule has 0 heterocycles. The fourth-order valence-electron chi connectivity index (χ4n) is 5.40. The van der Waals surface area contributed by atoms with Crippen molar-refractivity contribution in [3.63, 3.8) is 0 Å². The van der Waals surface area contributed by atoms with Crippen molar-refractivity contribution in [1.29, 1.82) is 0 Å². The third-order valence-corrected chi connectivity index (χ3v) is 7.74. The number of rotatable bonds is 7. The first-order valence-corrected chi connectivity index (χ1v) is 12.3. The van der Waals surface area contributed by atoms with Crippen LogP contribution in [0.1, 0.15) is 59.4 Å². The maximum absolute atomic E-state index is 12.8. The van der Waals surface area contributed by atoms with E-state index in [2.05, 4.69) is 19.4 Å². The van der Waals surface area contributed by atoms with Gasteiger partial charge in [-0.15, -0.1) is 0 Å². The van der Waals surface area contributed by atoms with E-state index in [4.69, 9.17) is 16.3 Å². The number of hydrogen-bond acceptors (Lipinski definition) is 4. The van der Waals surface area contributed by atoms with Gasteiger partial charge in [-0.05, 0) is 54.7 Å². The molecule has 6 heteroatoms. The van der Waals surface area contributed by atoms with Crippen LogP contribution >= 0.6 is 11.6 Å². The van der Waals surface area contributed by atoms with Crippen molar-refractivity contribution in [1.82, 2.24) is 4.90 Å². The molecular formula is C27H36ClNO4. The van der Waals surface area contributed by atoms with Crippen LogP contribution in [0, 0.1) is 30.1 Å². The number of fused-ring (bicyclic) bond motifs is 1. The minimum atomic E-state index is -1.17. The zero-order chi connectivity index (χ0) is 24.3. The zero-order valence-electron chi connectivity index (χ0n) is 20.3. The van der Waals surface area contributed by atoms with Crippen LogP contribution in [-0.4, -0.2) is 40.1 Å². The Hall–Kier alpha value is -1.85. The monoisotopic (exact) mass is 473 g/mol. The van der Waals surface area contributed by atoms with E-state index in [1.807, 2.05) is 49.9 Å². The normalized spacial score (nSPS) is 30.1. The number of esters is 1. The fraction of sp³-hybridized carbons (Fsp3) is 0.593. The van der Waals surface area contributed by atoms with E-state index < -0.39 is 11.7 Å². The Kier molecular flexibility index (Phi) is 8.28. The Bertz CT molecular complexity index is 900. The van der Waals surface area contributed by atoms with Gasteiger partial charge in [0, 0.05) is 37.4 Å². The molecule has 0 unspecified atom stereocenters. The second kappa shape index (κ2) is 10.6. The lowest BCUT2D eigenvalue weighted by Crippen LogP contribution is -2.56. The molecule has 2 aliphatic rings. The Morgan fingerprint density at radius 2 is 2.03 bits per heavy atom. The number of aliphatic hydroxyl groups is 1. The molecule has 180 valence electrons. The van der Waals surface area contributed by atoms with Crippen LogP contribution in [0.4, 0.5) is 0 Å². The zero-order valence-corrected chi connectivity index (χ0v) is 21.1. The summed E-state index contributed by atoms with van der Waals surface area (Å²) in [6.07, 6.45) is 6.91. The molecule has 1 aromatic carbocycles. The molecule has 3 rings (SSSR count). The molecule has 1 fully saturated rings.